The van der Waals surface area contributed by atoms with Crippen LogP contribution in [-0.4, -0.2) is 38.1 Å². The quantitative estimate of drug-likeness (QED) is 0.191. The molecule has 0 aliphatic heterocycles. The number of esters is 1. The first kappa shape index (κ1) is 22.7. The number of rotatable bonds is 8. The van der Waals surface area contributed by atoms with Crippen LogP contribution in [0.5, 0.6) is 0 Å². The zero-order chi connectivity index (χ0) is 22.1. The van der Waals surface area contributed by atoms with Gasteiger partial charge in [-0.05, 0) is 55.5 Å². The van der Waals surface area contributed by atoms with Crippen LogP contribution in [0, 0.1) is 0 Å². The summed E-state index contributed by atoms with van der Waals surface area (Å²) in [6, 6.07) is 11.3. The maximum atomic E-state index is 11.8. The zero-order valence-corrected chi connectivity index (χ0v) is 16.8. The molecule has 0 saturated heterocycles. The van der Waals surface area contributed by atoms with Crippen molar-refractivity contribution in [1.82, 2.24) is 5.32 Å². The topological polar surface area (TPSA) is 147 Å². The zero-order valence-electron chi connectivity index (χ0n) is 16.0. The largest absolute Gasteiger partial charge is 0.460 e. The number of amides is 2. The Morgan fingerprint density at radius 3 is 2.07 bits per heavy atom. The summed E-state index contributed by atoms with van der Waals surface area (Å²) in [4.78, 5) is 22.8. The smallest absolute Gasteiger partial charge is 0.333 e. The molecule has 2 amide bonds. The summed E-state index contributed by atoms with van der Waals surface area (Å²) in [6.45, 7) is 5.17. The van der Waals surface area contributed by atoms with E-state index in [0.717, 1.165) is 0 Å². The van der Waals surface area contributed by atoms with E-state index in [1.807, 2.05) is 0 Å². The average Bonchev–Trinajstić information content (AvgIpc) is 2.70. The Morgan fingerprint density at radius 2 is 1.57 bits per heavy atom. The van der Waals surface area contributed by atoms with E-state index >= 15 is 0 Å². The molecule has 3 N–H and O–H groups in total. The normalized spacial score (nSPS) is 11.1. The van der Waals surface area contributed by atoms with Gasteiger partial charge in [0, 0.05) is 11.3 Å². The molecular weight excluding hydrogens is 412 g/mol. The monoisotopic (exact) mass is 432 g/mol. The van der Waals surface area contributed by atoms with Gasteiger partial charge in [-0.3, -0.25) is 4.55 Å². The summed E-state index contributed by atoms with van der Waals surface area (Å²) in [5.41, 5.74) is 1.71. The van der Waals surface area contributed by atoms with Crippen LogP contribution in [0.4, 0.5) is 21.9 Å². The summed E-state index contributed by atoms with van der Waals surface area (Å²) in [5, 5.41) is 13.1. The third-order valence-electron chi connectivity index (χ3n) is 3.51. The minimum absolute atomic E-state index is 0.0314. The maximum absolute atomic E-state index is 11.8. The van der Waals surface area contributed by atoms with Crippen molar-refractivity contribution in [3.63, 3.8) is 0 Å². The summed E-state index contributed by atoms with van der Waals surface area (Å²) in [6.07, 6.45) is 0. The van der Waals surface area contributed by atoms with Crippen molar-refractivity contribution in [2.45, 2.75) is 11.8 Å². The molecule has 0 fully saturated rings. The fourth-order valence-electron chi connectivity index (χ4n) is 2.02. The van der Waals surface area contributed by atoms with E-state index in [0.29, 0.717) is 17.1 Å². The Kier molecular flexibility index (Phi) is 7.78. The number of anilines is 1. The molecule has 0 saturated carbocycles. The lowest BCUT2D eigenvalue weighted by molar-refractivity contribution is -0.138. The molecule has 0 aliphatic carbocycles. The van der Waals surface area contributed by atoms with Crippen molar-refractivity contribution in [2.24, 2.45) is 10.2 Å². The van der Waals surface area contributed by atoms with Crippen LogP contribution in [0.1, 0.15) is 6.92 Å². The van der Waals surface area contributed by atoms with Crippen molar-refractivity contribution in [2.75, 3.05) is 18.5 Å². The van der Waals surface area contributed by atoms with E-state index in [9.17, 15) is 18.0 Å². The van der Waals surface area contributed by atoms with Crippen molar-refractivity contribution in [1.29, 1.82) is 0 Å². The van der Waals surface area contributed by atoms with Crippen LogP contribution < -0.4 is 10.6 Å². The van der Waals surface area contributed by atoms with Gasteiger partial charge >= 0.3 is 12.0 Å². The van der Waals surface area contributed by atoms with Gasteiger partial charge in [0.15, 0.2) is 0 Å². The molecule has 0 spiro atoms. The molecule has 0 bridgehead atoms. The fourth-order valence-corrected chi connectivity index (χ4v) is 2.50. The van der Waals surface area contributed by atoms with Gasteiger partial charge in [-0.2, -0.15) is 18.6 Å². The highest BCUT2D eigenvalue weighted by Crippen LogP contribution is 2.21. The summed E-state index contributed by atoms with van der Waals surface area (Å²) >= 11 is 0. The van der Waals surface area contributed by atoms with Crippen molar-refractivity contribution >= 4 is 39.2 Å². The molecule has 30 heavy (non-hydrogen) atoms. The van der Waals surface area contributed by atoms with Crippen molar-refractivity contribution in [3.8, 4) is 0 Å². The van der Waals surface area contributed by atoms with E-state index in [-0.39, 0.29) is 23.6 Å². The molecule has 0 aromatic heterocycles. The molecular formula is C19H20N4O6S. The molecule has 2 aromatic rings. The lowest BCUT2D eigenvalue weighted by Gasteiger charge is -2.08. The Balaban J connectivity index is 1.83. The first-order chi connectivity index (χ1) is 14.1. The van der Waals surface area contributed by atoms with E-state index in [1.165, 1.54) is 31.2 Å². The lowest BCUT2D eigenvalue weighted by atomic mass is 10.3. The predicted molar refractivity (Wildman–Crippen MR) is 110 cm³/mol. The SMILES string of the molecule is C=C(C)C(=O)OCCNC(=O)Nc1ccc(N=Nc2ccc(S(=O)(=O)O)cc2)cc1. The van der Waals surface area contributed by atoms with Crippen molar-refractivity contribution < 1.29 is 27.3 Å². The summed E-state index contributed by atoms with van der Waals surface area (Å²) < 4.78 is 35.8. The van der Waals surface area contributed by atoms with Gasteiger partial charge in [-0.15, -0.1) is 0 Å². The standard InChI is InChI=1S/C19H20N4O6S/c1-13(2)18(24)29-12-11-20-19(25)21-14-3-5-15(6-4-14)22-23-16-7-9-17(10-8-16)30(26,27)28/h3-10H,1,11-12H2,2H3,(H2,20,21,25)(H,26,27,28). The van der Waals surface area contributed by atoms with E-state index in [2.05, 4.69) is 27.4 Å². The molecule has 0 radical (unpaired) electrons. The number of ether oxygens (including phenoxy) is 1. The number of nitrogens with zero attached hydrogens (tertiary/aromatic N) is 2. The van der Waals surface area contributed by atoms with Gasteiger partial charge in [0.05, 0.1) is 22.8 Å². The van der Waals surface area contributed by atoms with Crippen LogP contribution in [0.2, 0.25) is 0 Å². The van der Waals surface area contributed by atoms with Gasteiger partial charge in [0.25, 0.3) is 10.1 Å². The van der Waals surface area contributed by atoms with E-state index < -0.39 is 22.1 Å². The van der Waals surface area contributed by atoms with Crippen LogP contribution in [0.15, 0.2) is 75.8 Å². The second kappa shape index (κ2) is 10.3. The Hall–Kier alpha value is -3.57. The molecule has 0 atom stereocenters. The highest BCUT2D eigenvalue weighted by Gasteiger charge is 2.08. The third kappa shape index (κ3) is 7.45. The second-order valence-electron chi connectivity index (χ2n) is 6.01. The van der Waals surface area contributed by atoms with E-state index in [1.54, 1.807) is 24.3 Å². The second-order valence-corrected chi connectivity index (χ2v) is 7.43. The number of nitrogens with one attached hydrogen (secondary N) is 2. The van der Waals surface area contributed by atoms with Crippen molar-refractivity contribution in [3.05, 3.63) is 60.7 Å². The fraction of sp³-hybridized carbons (Fsp3) is 0.158. The minimum atomic E-state index is -4.25. The van der Waals surface area contributed by atoms with Crippen LogP contribution >= 0.6 is 0 Å². The number of hydrogen-bond donors (Lipinski definition) is 3. The minimum Gasteiger partial charge on any atom is -0.460 e. The number of carbonyl (C=O) groups is 2. The molecule has 0 unspecified atom stereocenters. The summed E-state index contributed by atoms with van der Waals surface area (Å²) in [7, 11) is -4.25. The number of benzene rings is 2. The molecule has 2 rings (SSSR count). The highest BCUT2D eigenvalue weighted by molar-refractivity contribution is 7.85. The molecule has 158 valence electrons. The van der Waals surface area contributed by atoms with Gasteiger partial charge in [-0.25, -0.2) is 9.59 Å². The van der Waals surface area contributed by atoms with Crippen LogP contribution in [0.25, 0.3) is 0 Å². The molecule has 11 heteroatoms. The Labute approximate surface area is 173 Å². The lowest BCUT2D eigenvalue weighted by Crippen LogP contribution is -2.32. The molecule has 0 heterocycles. The maximum Gasteiger partial charge on any atom is 0.333 e. The average molecular weight is 432 g/mol. The number of azo groups is 1. The predicted octanol–water partition coefficient (Wildman–Crippen LogP) is 3.59. The Bertz CT molecular complexity index is 1050. The van der Waals surface area contributed by atoms with Crippen LogP contribution in [-0.2, 0) is 19.6 Å². The Morgan fingerprint density at radius 1 is 1.03 bits per heavy atom. The first-order valence-corrected chi connectivity index (χ1v) is 10.1. The van der Waals surface area contributed by atoms with E-state index in [4.69, 9.17) is 9.29 Å². The van der Waals surface area contributed by atoms with Crippen LogP contribution in [0.3, 0.4) is 0 Å². The highest BCUT2D eigenvalue weighted by atomic mass is 32.2. The molecule has 10 nitrogen and oxygen atoms in total. The van der Waals surface area contributed by atoms with Gasteiger partial charge < -0.3 is 15.4 Å². The third-order valence-corrected chi connectivity index (χ3v) is 4.38. The van der Waals surface area contributed by atoms with Gasteiger partial charge in [0.2, 0.25) is 0 Å². The molecule has 2 aromatic carbocycles. The number of urea groups is 1. The summed E-state index contributed by atoms with van der Waals surface area (Å²) in [5.74, 6) is -0.517. The molecule has 0 aliphatic rings. The number of hydrogen-bond acceptors (Lipinski definition) is 7. The number of carbonyl (C=O) groups excluding carboxylic acids is 2. The van der Waals surface area contributed by atoms with Gasteiger partial charge in [0.1, 0.15) is 6.61 Å². The van der Waals surface area contributed by atoms with Gasteiger partial charge in [-0.1, -0.05) is 6.58 Å². The first-order valence-electron chi connectivity index (χ1n) is 8.62.